The summed E-state index contributed by atoms with van der Waals surface area (Å²) in [5.41, 5.74) is 0.510. The van der Waals surface area contributed by atoms with Crippen molar-refractivity contribution in [3.8, 4) is 0 Å². The summed E-state index contributed by atoms with van der Waals surface area (Å²) in [7, 11) is 0. The number of hydrogen-bond acceptors (Lipinski definition) is 4. The third-order valence-corrected chi connectivity index (χ3v) is 10.2. The van der Waals surface area contributed by atoms with Crippen LogP contribution in [0.2, 0.25) is 0 Å². The van der Waals surface area contributed by atoms with E-state index in [0.29, 0.717) is 60.1 Å². The van der Waals surface area contributed by atoms with E-state index in [-0.39, 0.29) is 12.0 Å². The van der Waals surface area contributed by atoms with Gasteiger partial charge in [-0.3, -0.25) is 4.79 Å². The Morgan fingerprint density at radius 2 is 2.07 bits per heavy atom. The van der Waals surface area contributed by atoms with Crippen molar-refractivity contribution in [2.45, 2.75) is 77.2 Å². The molecule has 0 spiro atoms. The van der Waals surface area contributed by atoms with Crippen LogP contribution >= 0.6 is 0 Å². The van der Waals surface area contributed by atoms with Gasteiger partial charge in [0.25, 0.3) is 0 Å². The molecule has 9 atom stereocenters. The summed E-state index contributed by atoms with van der Waals surface area (Å²) in [6, 6.07) is 0. The van der Waals surface area contributed by atoms with Gasteiger partial charge in [0.15, 0.2) is 5.78 Å². The van der Waals surface area contributed by atoms with E-state index in [1.165, 1.54) is 5.57 Å². The predicted molar refractivity (Wildman–Crippen MR) is 112 cm³/mol. The summed E-state index contributed by atoms with van der Waals surface area (Å²) in [5, 5.41) is 21.0. The highest BCUT2D eigenvalue weighted by Gasteiger charge is 2.76. The Morgan fingerprint density at radius 3 is 2.77 bits per heavy atom. The monoisotopic (exact) mass is 416 g/mol. The summed E-state index contributed by atoms with van der Waals surface area (Å²) < 4.78 is 4.85. The first kappa shape index (κ1) is 20.5. The highest BCUT2D eigenvalue weighted by molar-refractivity contribution is 5.91. The summed E-state index contributed by atoms with van der Waals surface area (Å²) in [6.45, 7) is 4.61. The lowest BCUT2D eigenvalue weighted by Gasteiger charge is -2.60. The first-order valence-electron chi connectivity index (χ1n) is 12.2. The first-order valence-corrected chi connectivity index (χ1v) is 12.2. The van der Waals surface area contributed by atoms with E-state index in [9.17, 15) is 14.7 Å². The third-order valence-electron chi connectivity index (χ3n) is 10.2. The van der Waals surface area contributed by atoms with Crippen molar-refractivity contribution < 1.29 is 24.5 Å². The largest absolute Gasteiger partial charge is 0.505 e. The van der Waals surface area contributed by atoms with Gasteiger partial charge in [-0.1, -0.05) is 25.8 Å². The van der Waals surface area contributed by atoms with Gasteiger partial charge in [0.1, 0.15) is 0 Å². The fourth-order valence-corrected chi connectivity index (χ4v) is 9.13. The molecule has 0 aliphatic heterocycles. The van der Waals surface area contributed by atoms with E-state index >= 15 is 0 Å². The van der Waals surface area contributed by atoms with Crippen LogP contribution in [-0.2, 0) is 9.53 Å². The second kappa shape index (κ2) is 7.08. The maximum Gasteiger partial charge on any atom is 0.505 e. The molecule has 0 heterocycles. The lowest BCUT2D eigenvalue weighted by Crippen LogP contribution is -2.58. The Balaban J connectivity index is 1.48. The molecule has 5 nitrogen and oxygen atoms in total. The van der Waals surface area contributed by atoms with Crippen molar-refractivity contribution in [1.29, 1.82) is 0 Å². The van der Waals surface area contributed by atoms with E-state index in [0.717, 1.165) is 44.9 Å². The number of allylic oxidation sites excluding steroid dienone is 1. The molecule has 5 rings (SSSR count). The molecule has 4 saturated carbocycles. The number of ketones is 1. The van der Waals surface area contributed by atoms with E-state index in [2.05, 4.69) is 13.8 Å². The molecule has 0 amide bonds. The molecule has 5 heteroatoms. The number of aliphatic hydroxyl groups is 1. The average Bonchev–Trinajstić information content (AvgIpc) is 3.48. The molecule has 30 heavy (non-hydrogen) atoms. The number of carbonyl (C=O) groups excluding carboxylic acids is 1. The van der Waals surface area contributed by atoms with Crippen molar-refractivity contribution in [3.05, 3.63) is 11.6 Å². The molecule has 0 radical (unpaired) electrons. The van der Waals surface area contributed by atoms with E-state index in [1.54, 1.807) is 0 Å². The molecule has 0 aromatic heterocycles. The van der Waals surface area contributed by atoms with Crippen LogP contribution in [0.5, 0.6) is 0 Å². The second-order valence-corrected chi connectivity index (χ2v) is 10.8. The molecule has 0 saturated heterocycles. The summed E-state index contributed by atoms with van der Waals surface area (Å²) in [4.78, 5) is 23.0. The fourth-order valence-electron chi connectivity index (χ4n) is 9.13. The SMILES string of the molecule is CC[C@H]1CC2=CC(=O)CC[C@@H]2[C@H]2CC[C@@]3(CC)[C@@H]([C@H]4C[C@H]4[C@@]3(O)CCOC(=O)O)[C@H]12. The van der Waals surface area contributed by atoms with Crippen LogP contribution < -0.4 is 0 Å². The lowest BCUT2D eigenvalue weighted by molar-refractivity contribution is -0.167. The number of fused-ring (bicyclic) bond motifs is 7. The van der Waals surface area contributed by atoms with Gasteiger partial charge in [-0.25, -0.2) is 4.79 Å². The van der Waals surface area contributed by atoms with Crippen LogP contribution in [0, 0.1) is 46.8 Å². The van der Waals surface area contributed by atoms with Crippen LogP contribution in [0.15, 0.2) is 11.6 Å². The zero-order chi connectivity index (χ0) is 21.3. The third kappa shape index (κ3) is 2.69. The summed E-state index contributed by atoms with van der Waals surface area (Å²) in [6.07, 6.45) is 9.25. The molecular weight excluding hydrogens is 380 g/mol. The molecule has 5 aliphatic carbocycles. The average molecular weight is 417 g/mol. The molecule has 0 bridgehead atoms. The van der Waals surface area contributed by atoms with Gasteiger partial charge in [-0.2, -0.15) is 0 Å². The zero-order valence-electron chi connectivity index (χ0n) is 18.3. The molecule has 0 unspecified atom stereocenters. The Morgan fingerprint density at radius 1 is 1.27 bits per heavy atom. The van der Waals surface area contributed by atoms with Crippen molar-refractivity contribution in [2.75, 3.05) is 6.61 Å². The molecule has 5 aliphatic rings. The molecule has 2 N–H and O–H groups in total. The van der Waals surface area contributed by atoms with Gasteiger partial charge in [0.2, 0.25) is 0 Å². The van der Waals surface area contributed by atoms with Crippen molar-refractivity contribution in [1.82, 2.24) is 0 Å². The van der Waals surface area contributed by atoms with Crippen LogP contribution in [0.4, 0.5) is 4.79 Å². The van der Waals surface area contributed by atoms with Crippen molar-refractivity contribution in [2.24, 2.45) is 46.8 Å². The minimum absolute atomic E-state index is 0.0897. The minimum atomic E-state index is -1.25. The normalized spacial score (nSPS) is 48.7. The van der Waals surface area contributed by atoms with Crippen molar-refractivity contribution >= 4 is 11.9 Å². The maximum absolute atomic E-state index is 12.1. The van der Waals surface area contributed by atoms with Crippen molar-refractivity contribution in [3.63, 3.8) is 0 Å². The second-order valence-electron chi connectivity index (χ2n) is 10.8. The quantitative estimate of drug-likeness (QED) is 0.628. The first-order chi connectivity index (χ1) is 14.4. The Kier molecular flexibility index (Phi) is 4.85. The highest BCUT2D eigenvalue weighted by atomic mass is 16.7. The lowest BCUT2D eigenvalue weighted by atomic mass is 9.45. The Labute approximate surface area is 179 Å². The smallest absolute Gasteiger partial charge is 0.450 e. The van der Waals surface area contributed by atoms with Gasteiger partial charge in [0.05, 0.1) is 12.2 Å². The van der Waals surface area contributed by atoms with Crippen LogP contribution in [0.3, 0.4) is 0 Å². The van der Waals surface area contributed by atoms with Gasteiger partial charge >= 0.3 is 6.16 Å². The molecule has 0 aromatic rings. The van der Waals surface area contributed by atoms with Gasteiger partial charge in [0, 0.05) is 18.3 Å². The van der Waals surface area contributed by atoms with E-state index in [4.69, 9.17) is 9.84 Å². The van der Waals surface area contributed by atoms with E-state index in [1.807, 2.05) is 6.08 Å². The van der Waals surface area contributed by atoms with Gasteiger partial charge in [-0.15, -0.1) is 0 Å². The number of carboxylic acid groups (broad SMARTS) is 1. The summed E-state index contributed by atoms with van der Waals surface area (Å²) in [5.74, 6) is 4.16. The molecular formula is C25H36O5. The predicted octanol–water partition coefficient (Wildman–Crippen LogP) is 4.83. The fraction of sp³-hybridized carbons (Fsp3) is 0.840. The van der Waals surface area contributed by atoms with Gasteiger partial charge in [-0.05, 0) is 86.0 Å². The maximum atomic E-state index is 12.1. The molecule has 4 fully saturated rings. The number of hydrogen-bond donors (Lipinski definition) is 2. The molecule has 166 valence electrons. The van der Waals surface area contributed by atoms with Crippen LogP contribution in [0.1, 0.15) is 71.6 Å². The van der Waals surface area contributed by atoms with Crippen LogP contribution in [0.25, 0.3) is 0 Å². The Bertz CT molecular complexity index is 774. The number of carbonyl (C=O) groups is 2. The highest BCUT2D eigenvalue weighted by Crippen LogP contribution is 2.78. The van der Waals surface area contributed by atoms with E-state index < -0.39 is 11.8 Å². The zero-order valence-corrected chi connectivity index (χ0v) is 18.3. The standard InChI is InChI=1S/C25H36O5/c1-3-14-11-15-12-16(26)5-6-17(15)18-7-8-24(4-2)22(21(14)18)19-13-20(19)25(24,29)9-10-30-23(27)28/h12,14,17-22,29H,3-11,13H2,1-2H3,(H,27,28)/t14-,17-,18+,19-,20+,21+,22-,24-,25-/m0/s1. The topological polar surface area (TPSA) is 83.8 Å². The number of ether oxygens (including phenoxy) is 1. The minimum Gasteiger partial charge on any atom is -0.450 e. The Hall–Kier alpha value is -1.36. The van der Waals surface area contributed by atoms with Gasteiger partial charge < -0.3 is 14.9 Å². The number of rotatable bonds is 5. The molecule has 0 aromatic carbocycles. The summed E-state index contributed by atoms with van der Waals surface area (Å²) >= 11 is 0. The van der Waals surface area contributed by atoms with Crippen LogP contribution in [-0.4, -0.2) is 34.4 Å².